The normalized spacial score (nSPS) is 19.7. The van der Waals surface area contributed by atoms with Crippen molar-refractivity contribution in [3.8, 4) is 0 Å². The van der Waals surface area contributed by atoms with E-state index in [2.05, 4.69) is 0 Å². The van der Waals surface area contributed by atoms with Crippen LogP contribution in [0.5, 0.6) is 0 Å². The molecule has 26 heavy (non-hydrogen) atoms. The van der Waals surface area contributed by atoms with Crippen LogP contribution in [0.3, 0.4) is 0 Å². The van der Waals surface area contributed by atoms with Gasteiger partial charge in [0.2, 0.25) is 0 Å². The van der Waals surface area contributed by atoms with Gasteiger partial charge in [-0.2, -0.15) is 0 Å². The summed E-state index contributed by atoms with van der Waals surface area (Å²) in [5.74, 6) is 0.317. The van der Waals surface area contributed by atoms with E-state index in [4.69, 9.17) is 9.15 Å². The van der Waals surface area contributed by atoms with Crippen LogP contribution >= 0.6 is 0 Å². The van der Waals surface area contributed by atoms with Crippen molar-refractivity contribution in [2.45, 2.75) is 18.4 Å². The van der Waals surface area contributed by atoms with E-state index in [0.29, 0.717) is 44.2 Å². The molecule has 0 atom stereocenters. The molecule has 0 aliphatic carbocycles. The first-order chi connectivity index (χ1) is 12.6. The average Bonchev–Trinajstić information content (AvgIpc) is 3.33. The van der Waals surface area contributed by atoms with Gasteiger partial charge in [0.25, 0.3) is 11.8 Å². The Morgan fingerprint density at radius 3 is 2.50 bits per heavy atom. The van der Waals surface area contributed by atoms with Gasteiger partial charge in [-0.1, -0.05) is 0 Å². The van der Waals surface area contributed by atoms with Gasteiger partial charge in [0.15, 0.2) is 5.76 Å². The first-order valence-electron chi connectivity index (χ1n) is 8.95. The highest BCUT2D eigenvalue weighted by molar-refractivity contribution is 5.93. The lowest BCUT2D eigenvalue weighted by Gasteiger charge is -2.47. The number of likely N-dealkylation sites (tertiary alicyclic amines) is 1. The van der Waals surface area contributed by atoms with Crippen LogP contribution in [0.2, 0.25) is 0 Å². The van der Waals surface area contributed by atoms with Crippen LogP contribution in [-0.2, 0) is 11.8 Å². The highest BCUT2D eigenvalue weighted by atomic mass is 16.5. The molecule has 0 saturated carbocycles. The molecule has 2 aliphatic heterocycles. The van der Waals surface area contributed by atoms with Crippen molar-refractivity contribution in [3.63, 3.8) is 0 Å². The third kappa shape index (κ3) is 3.03. The molecule has 4 heterocycles. The minimum absolute atomic E-state index is 0.0364. The van der Waals surface area contributed by atoms with Crippen LogP contribution in [0.4, 0.5) is 0 Å². The van der Waals surface area contributed by atoms with Gasteiger partial charge >= 0.3 is 0 Å². The van der Waals surface area contributed by atoms with Crippen LogP contribution < -0.4 is 0 Å². The lowest BCUT2D eigenvalue weighted by atomic mass is 9.89. The van der Waals surface area contributed by atoms with Gasteiger partial charge < -0.3 is 23.5 Å². The average molecular weight is 357 g/mol. The predicted molar refractivity (Wildman–Crippen MR) is 93.8 cm³/mol. The van der Waals surface area contributed by atoms with Crippen molar-refractivity contribution in [1.82, 2.24) is 14.4 Å². The van der Waals surface area contributed by atoms with E-state index >= 15 is 0 Å². The maximum absolute atomic E-state index is 12.8. The molecular weight excluding hydrogens is 334 g/mol. The van der Waals surface area contributed by atoms with E-state index in [0.717, 1.165) is 12.8 Å². The van der Waals surface area contributed by atoms with Gasteiger partial charge in [-0.15, -0.1) is 0 Å². The van der Waals surface area contributed by atoms with E-state index in [-0.39, 0.29) is 17.4 Å². The van der Waals surface area contributed by atoms with Crippen molar-refractivity contribution in [1.29, 1.82) is 0 Å². The fourth-order valence-corrected chi connectivity index (χ4v) is 3.84. The third-order valence-electron chi connectivity index (χ3n) is 5.39. The Bertz CT molecular complexity index is 788. The molecule has 2 aliphatic rings. The van der Waals surface area contributed by atoms with Crippen molar-refractivity contribution in [2.24, 2.45) is 7.05 Å². The maximum Gasteiger partial charge on any atom is 0.289 e. The molecule has 2 fully saturated rings. The highest BCUT2D eigenvalue weighted by Crippen LogP contribution is 2.31. The quantitative estimate of drug-likeness (QED) is 0.821. The fraction of sp³-hybridized carbons (Fsp3) is 0.474. The molecule has 0 N–H and O–H groups in total. The Morgan fingerprint density at radius 1 is 1.04 bits per heavy atom. The molecule has 7 heteroatoms. The number of aromatic nitrogens is 1. The number of rotatable bonds is 2. The number of aryl methyl sites for hydroxylation is 1. The van der Waals surface area contributed by atoms with Gasteiger partial charge in [0.1, 0.15) is 5.69 Å². The van der Waals surface area contributed by atoms with E-state index in [9.17, 15) is 9.59 Å². The zero-order valence-electron chi connectivity index (χ0n) is 14.9. The minimum atomic E-state index is -0.362. The van der Waals surface area contributed by atoms with E-state index in [1.807, 2.05) is 34.8 Å². The van der Waals surface area contributed by atoms with Crippen molar-refractivity contribution < 1.29 is 18.7 Å². The SMILES string of the molecule is Cn1cccc1C(=O)N1CCOC2(CCN(C(=O)c3ccco3)CC2)C1. The number of hydrogen-bond acceptors (Lipinski definition) is 4. The molecule has 0 bridgehead atoms. The van der Waals surface area contributed by atoms with Gasteiger partial charge in [0.05, 0.1) is 25.0 Å². The van der Waals surface area contributed by atoms with Crippen LogP contribution in [-0.4, -0.2) is 64.6 Å². The summed E-state index contributed by atoms with van der Waals surface area (Å²) in [6.07, 6.45) is 4.82. The molecule has 2 amide bonds. The van der Waals surface area contributed by atoms with Gasteiger partial charge in [-0.05, 0) is 37.1 Å². The smallest absolute Gasteiger partial charge is 0.289 e. The Balaban J connectivity index is 1.41. The van der Waals surface area contributed by atoms with Gasteiger partial charge in [0, 0.05) is 32.9 Å². The molecule has 0 unspecified atom stereocenters. The molecule has 2 saturated heterocycles. The van der Waals surface area contributed by atoms with E-state index in [1.54, 1.807) is 17.0 Å². The van der Waals surface area contributed by atoms with Crippen molar-refractivity contribution >= 4 is 11.8 Å². The monoisotopic (exact) mass is 357 g/mol. The highest BCUT2D eigenvalue weighted by Gasteiger charge is 2.42. The molecule has 2 aromatic rings. The molecule has 7 nitrogen and oxygen atoms in total. The minimum Gasteiger partial charge on any atom is -0.459 e. The first-order valence-corrected chi connectivity index (χ1v) is 8.95. The summed E-state index contributed by atoms with van der Waals surface area (Å²) in [5.41, 5.74) is 0.325. The number of hydrogen-bond donors (Lipinski definition) is 0. The molecule has 1 spiro atoms. The number of amides is 2. The number of carbonyl (C=O) groups excluding carboxylic acids is 2. The number of piperidine rings is 1. The number of morpholine rings is 1. The second-order valence-electron chi connectivity index (χ2n) is 7.03. The van der Waals surface area contributed by atoms with E-state index in [1.165, 1.54) is 6.26 Å². The van der Waals surface area contributed by atoms with Crippen LogP contribution in [0.1, 0.15) is 33.9 Å². The lowest BCUT2D eigenvalue weighted by molar-refractivity contribution is -0.124. The van der Waals surface area contributed by atoms with E-state index < -0.39 is 0 Å². The summed E-state index contributed by atoms with van der Waals surface area (Å²) in [7, 11) is 1.88. The van der Waals surface area contributed by atoms with Gasteiger partial charge in [-0.25, -0.2) is 0 Å². The molecule has 4 rings (SSSR count). The number of ether oxygens (including phenoxy) is 1. The maximum atomic E-state index is 12.8. The van der Waals surface area contributed by atoms with Crippen molar-refractivity contribution in [2.75, 3.05) is 32.8 Å². The Morgan fingerprint density at radius 2 is 1.85 bits per heavy atom. The largest absolute Gasteiger partial charge is 0.459 e. The molecule has 0 aromatic carbocycles. The fourth-order valence-electron chi connectivity index (χ4n) is 3.84. The summed E-state index contributed by atoms with van der Waals surface area (Å²) in [4.78, 5) is 28.9. The molecular formula is C19H23N3O4. The van der Waals surface area contributed by atoms with Crippen LogP contribution in [0.15, 0.2) is 41.1 Å². The van der Waals surface area contributed by atoms with Crippen molar-refractivity contribution in [3.05, 3.63) is 48.2 Å². The molecule has 138 valence electrons. The van der Waals surface area contributed by atoms with Gasteiger partial charge in [-0.3, -0.25) is 9.59 Å². The zero-order chi connectivity index (χ0) is 18.1. The summed E-state index contributed by atoms with van der Waals surface area (Å²) < 4.78 is 13.1. The Kier molecular flexibility index (Phi) is 4.32. The van der Waals surface area contributed by atoms with Crippen LogP contribution in [0.25, 0.3) is 0 Å². The second kappa shape index (κ2) is 6.64. The number of nitrogens with zero attached hydrogens (tertiary/aromatic N) is 3. The third-order valence-corrected chi connectivity index (χ3v) is 5.39. The number of furan rings is 1. The predicted octanol–water partition coefficient (Wildman–Crippen LogP) is 1.77. The zero-order valence-corrected chi connectivity index (χ0v) is 14.9. The van der Waals surface area contributed by atoms with Crippen LogP contribution in [0, 0.1) is 0 Å². The summed E-state index contributed by atoms with van der Waals surface area (Å²) in [6, 6.07) is 7.12. The molecule has 2 aromatic heterocycles. The second-order valence-corrected chi connectivity index (χ2v) is 7.03. The number of carbonyl (C=O) groups is 2. The first kappa shape index (κ1) is 16.9. The Labute approximate surface area is 152 Å². The molecule has 0 radical (unpaired) electrons. The lowest BCUT2D eigenvalue weighted by Crippen LogP contribution is -2.58. The summed E-state index contributed by atoms with van der Waals surface area (Å²) in [5, 5.41) is 0. The topological polar surface area (TPSA) is 67.9 Å². The Hall–Kier alpha value is -2.54. The summed E-state index contributed by atoms with van der Waals surface area (Å²) in [6.45, 7) is 2.90. The standard InChI is InChI=1S/C19H23N3O4/c1-20-8-2-4-15(20)17(23)22-11-13-26-19(14-22)6-9-21(10-7-19)18(24)16-5-3-12-25-16/h2-5,8,12H,6-7,9-11,13-14H2,1H3. The summed E-state index contributed by atoms with van der Waals surface area (Å²) >= 11 is 0.